The van der Waals surface area contributed by atoms with Crippen LogP contribution in [0.25, 0.3) is 0 Å². The normalized spacial score (nSPS) is 14.8. The summed E-state index contributed by atoms with van der Waals surface area (Å²) in [6.07, 6.45) is 2.96. The van der Waals surface area contributed by atoms with E-state index in [0.29, 0.717) is 6.04 Å². The number of methoxy groups -OCH3 is 1. The molecule has 0 amide bonds. The predicted molar refractivity (Wildman–Crippen MR) is 103 cm³/mol. The van der Waals surface area contributed by atoms with Gasteiger partial charge in [0.25, 0.3) is 0 Å². The summed E-state index contributed by atoms with van der Waals surface area (Å²) in [5.74, 6) is 2.69. The van der Waals surface area contributed by atoms with E-state index >= 15 is 0 Å². The van der Waals surface area contributed by atoms with Crippen LogP contribution in [0.2, 0.25) is 0 Å². The van der Waals surface area contributed by atoms with E-state index in [0.717, 1.165) is 55.6 Å². The smallest absolute Gasteiger partial charge is 0.225 e. The van der Waals surface area contributed by atoms with Crippen LogP contribution >= 0.6 is 0 Å². The lowest BCUT2D eigenvalue weighted by Gasteiger charge is -2.30. The van der Waals surface area contributed by atoms with Crippen LogP contribution < -0.4 is 15.0 Å². The molecular formula is C20H28N4O. The van der Waals surface area contributed by atoms with Crippen molar-refractivity contribution in [3.05, 3.63) is 41.1 Å². The minimum atomic E-state index is 0.370. The van der Waals surface area contributed by atoms with E-state index in [9.17, 15) is 0 Å². The zero-order chi connectivity index (χ0) is 17.8. The highest BCUT2D eigenvalue weighted by atomic mass is 16.5. The summed E-state index contributed by atoms with van der Waals surface area (Å²) < 4.78 is 5.34. The Morgan fingerprint density at radius 3 is 2.76 bits per heavy atom. The number of aromatic nitrogens is 2. The van der Waals surface area contributed by atoms with Crippen LogP contribution in [-0.4, -0.2) is 29.7 Å². The Kier molecular flexibility index (Phi) is 5.41. The Hall–Kier alpha value is -2.30. The fraction of sp³-hybridized carbons (Fsp3) is 0.500. The van der Waals surface area contributed by atoms with Gasteiger partial charge in [0.1, 0.15) is 11.6 Å². The lowest BCUT2D eigenvalue weighted by Crippen LogP contribution is -2.31. The maximum atomic E-state index is 5.34. The molecule has 0 saturated heterocycles. The van der Waals surface area contributed by atoms with Crippen molar-refractivity contribution in [2.75, 3.05) is 23.9 Å². The van der Waals surface area contributed by atoms with Crippen molar-refractivity contribution in [2.45, 2.75) is 52.6 Å². The molecule has 134 valence electrons. The molecule has 1 aliphatic rings. The molecule has 1 aromatic carbocycles. The molecule has 0 bridgehead atoms. The maximum Gasteiger partial charge on any atom is 0.225 e. The second kappa shape index (κ2) is 7.72. The summed E-state index contributed by atoms with van der Waals surface area (Å²) in [5, 5.41) is 3.41. The minimum Gasteiger partial charge on any atom is -0.497 e. The van der Waals surface area contributed by atoms with Crippen molar-refractivity contribution in [2.24, 2.45) is 0 Å². The molecule has 2 aromatic rings. The van der Waals surface area contributed by atoms with Gasteiger partial charge in [0.2, 0.25) is 5.95 Å². The van der Waals surface area contributed by atoms with Crippen LogP contribution in [0.5, 0.6) is 5.75 Å². The van der Waals surface area contributed by atoms with Gasteiger partial charge >= 0.3 is 0 Å². The van der Waals surface area contributed by atoms with Gasteiger partial charge < -0.3 is 15.0 Å². The molecule has 1 N–H and O–H groups in total. The number of anilines is 2. The summed E-state index contributed by atoms with van der Waals surface area (Å²) in [5.41, 5.74) is 3.80. The van der Waals surface area contributed by atoms with Crippen LogP contribution in [0.4, 0.5) is 11.8 Å². The van der Waals surface area contributed by atoms with E-state index < -0.39 is 0 Å². The summed E-state index contributed by atoms with van der Waals surface area (Å²) in [6, 6.07) is 8.85. The molecule has 1 aliphatic heterocycles. The van der Waals surface area contributed by atoms with E-state index in [1.807, 2.05) is 6.07 Å². The fourth-order valence-electron chi connectivity index (χ4n) is 3.07. The van der Waals surface area contributed by atoms with Gasteiger partial charge in [0.15, 0.2) is 0 Å². The maximum absolute atomic E-state index is 5.34. The van der Waals surface area contributed by atoms with Gasteiger partial charge in [-0.25, -0.2) is 4.98 Å². The van der Waals surface area contributed by atoms with Crippen molar-refractivity contribution in [1.29, 1.82) is 0 Å². The molecular weight excluding hydrogens is 312 g/mol. The zero-order valence-electron chi connectivity index (χ0n) is 15.7. The molecule has 2 heterocycles. The monoisotopic (exact) mass is 340 g/mol. The fourth-order valence-corrected chi connectivity index (χ4v) is 3.07. The third kappa shape index (κ3) is 4.03. The average Bonchev–Trinajstić information content (AvgIpc) is 2.66. The SMILES string of the molecule is CCc1cc(N2CCc3cc(OC)ccc3C2)nc(N[C@H](C)CC)n1. The van der Waals surface area contributed by atoms with Gasteiger partial charge in [-0.3, -0.25) is 0 Å². The van der Waals surface area contributed by atoms with Crippen LogP contribution in [0.1, 0.15) is 44.0 Å². The Morgan fingerprint density at radius 1 is 1.20 bits per heavy atom. The number of hydrogen-bond acceptors (Lipinski definition) is 5. The number of rotatable bonds is 6. The predicted octanol–water partition coefficient (Wildman–Crippen LogP) is 3.82. The standard InChI is InChI=1S/C20H28N4O/c1-5-14(3)21-20-22-17(6-2)12-19(23-20)24-10-9-15-11-18(25-4)8-7-16(15)13-24/h7-8,11-12,14H,5-6,9-10,13H2,1-4H3,(H,21,22,23)/t14-/m1/s1. The van der Waals surface area contributed by atoms with Gasteiger partial charge in [-0.05, 0) is 49.4 Å². The molecule has 3 rings (SSSR count). The van der Waals surface area contributed by atoms with Crippen LogP contribution in [0.3, 0.4) is 0 Å². The second-order valence-electron chi connectivity index (χ2n) is 6.65. The number of ether oxygens (including phenoxy) is 1. The molecule has 5 heteroatoms. The molecule has 0 saturated carbocycles. The van der Waals surface area contributed by atoms with Crippen LogP contribution in [0, 0.1) is 0 Å². The van der Waals surface area contributed by atoms with Gasteiger partial charge in [-0.15, -0.1) is 0 Å². The highest BCUT2D eigenvalue weighted by Gasteiger charge is 2.19. The zero-order valence-corrected chi connectivity index (χ0v) is 15.7. The molecule has 25 heavy (non-hydrogen) atoms. The number of nitrogens with one attached hydrogen (secondary N) is 1. The molecule has 1 aromatic heterocycles. The first kappa shape index (κ1) is 17.5. The van der Waals surface area contributed by atoms with Crippen molar-refractivity contribution in [3.63, 3.8) is 0 Å². The molecule has 0 radical (unpaired) electrons. The first-order valence-corrected chi connectivity index (χ1v) is 9.18. The average molecular weight is 340 g/mol. The Balaban J connectivity index is 1.84. The van der Waals surface area contributed by atoms with E-state index in [-0.39, 0.29) is 0 Å². The van der Waals surface area contributed by atoms with E-state index in [2.05, 4.69) is 54.2 Å². The number of fused-ring (bicyclic) bond motifs is 1. The van der Waals surface area contributed by atoms with Crippen molar-refractivity contribution in [1.82, 2.24) is 9.97 Å². The molecule has 0 fully saturated rings. The number of nitrogens with zero attached hydrogens (tertiary/aromatic N) is 3. The largest absolute Gasteiger partial charge is 0.497 e. The lowest BCUT2D eigenvalue weighted by molar-refractivity contribution is 0.413. The molecule has 0 unspecified atom stereocenters. The van der Waals surface area contributed by atoms with E-state index in [1.54, 1.807) is 7.11 Å². The first-order valence-electron chi connectivity index (χ1n) is 9.18. The molecule has 0 spiro atoms. The number of benzene rings is 1. The van der Waals surface area contributed by atoms with E-state index in [1.165, 1.54) is 11.1 Å². The van der Waals surface area contributed by atoms with Crippen molar-refractivity contribution >= 4 is 11.8 Å². The van der Waals surface area contributed by atoms with Gasteiger partial charge in [0, 0.05) is 30.9 Å². The van der Waals surface area contributed by atoms with Crippen molar-refractivity contribution in [3.8, 4) is 5.75 Å². The molecule has 1 atom stereocenters. The van der Waals surface area contributed by atoms with Gasteiger partial charge in [-0.1, -0.05) is 19.9 Å². The second-order valence-corrected chi connectivity index (χ2v) is 6.65. The van der Waals surface area contributed by atoms with Crippen LogP contribution in [-0.2, 0) is 19.4 Å². The topological polar surface area (TPSA) is 50.3 Å². The molecule has 0 aliphatic carbocycles. The summed E-state index contributed by atoms with van der Waals surface area (Å²) >= 11 is 0. The summed E-state index contributed by atoms with van der Waals surface area (Å²) in [7, 11) is 1.72. The highest BCUT2D eigenvalue weighted by Crippen LogP contribution is 2.27. The van der Waals surface area contributed by atoms with Crippen molar-refractivity contribution < 1.29 is 4.74 Å². The highest BCUT2D eigenvalue weighted by molar-refractivity contribution is 5.49. The number of hydrogen-bond donors (Lipinski definition) is 1. The Bertz CT molecular complexity index is 732. The summed E-state index contributed by atoms with van der Waals surface area (Å²) in [6.45, 7) is 8.30. The molecule has 5 nitrogen and oxygen atoms in total. The third-order valence-electron chi connectivity index (χ3n) is 4.87. The minimum absolute atomic E-state index is 0.370. The Morgan fingerprint density at radius 2 is 2.04 bits per heavy atom. The van der Waals surface area contributed by atoms with E-state index in [4.69, 9.17) is 9.72 Å². The van der Waals surface area contributed by atoms with Crippen LogP contribution in [0.15, 0.2) is 24.3 Å². The van der Waals surface area contributed by atoms with Gasteiger partial charge in [0.05, 0.1) is 7.11 Å². The Labute approximate surface area is 150 Å². The lowest BCUT2D eigenvalue weighted by atomic mass is 9.99. The van der Waals surface area contributed by atoms with Gasteiger partial charge in [-0.2, -0.15) is 4.98 Å². The first-order chi connectivity index (χ1) is 12.1. The third-order valence-corrected chi connectivity index (χ3v) is 4.87. The summed E-state index contributed by atoms with van der Waals surface area (Å²) in [4.78, 5) is 11.8. The quantitative estimate of drug-likeness (QED) is 0.866. The number of aryl methyl sites for hydroxylation is 1.